The van der Waals surface area contributed by atoms with Crippen LogP contribution in [-0.4, -0.2) is 17.5 Å². The lowest BCUT2D eigenvalue weighted by Crippen LogP contribution is -2.13. The first-order valence-corrected chi connectivity index (χ1v) is 9.57. The molecule has 0 aliphatic carbocycles. The van der Waals surface area contributed by atoms with Gasteiger partial charge in [0.15, 0.2) is 5.76 Å². The molecule has 6 heteroatoms. The number of thiazole rings is 1. The molecule has 0 fully saturated rings. The molecule has 0 atom stereocenters. The van der Waals surface area contributed by atoms with Crippen molar-refractivity contribution in [2.45, 2.75) is 33.1 Å². The zero-order valence-electron chi connectivity index (χ0n) is 15.3. The molecule has 3 rings (SSSR count). The zero-order chi connectivity index (χ0) is 18.4. The monoisotopic (exact) mass is 369 g/mol. The Morgan fingerprint density at radius 2 is 2.08 bits per heavy atom. The van der Waals surface area contributed by atoms with Crippen molar-refractivity contribution in [1.82, 2.24) is 4.68 Å². The van der Waals surface area contributed by atoms with Gasteiger partial charge in [0.2, 0.25) is 4.80 Å². The molecule has 5 nitrogen and oxygen atoms in total. The number of furan rings is 1. The largest absolute Gasteiger partial charge is 0.494 e. The van der Waals surface area contributed by atoms with E-state index in [-0.39, 0.29) is 0 Å². The van der Waals surface area contributed by atoms with Gasteiger partial charge in [0, 0.05) is 11.1 Å². The predicted octanol–water partition coefficient (Wildman–Crippen LogP) is 5.46. The van der Waals surface area contributed by atoms with Gasteiger partial charge in [-0.05, 0) is 44.0 Å². The molecule has 0 unspecified atom stereocenters. The predicted molar refractivity (Wildman–Crippen MR) is 106 cm³/mol. The van der Waals surface area contributed by atoms with Gasteiger partial charge in [-0.2, -0.15) is 5.10 Å². The van der Waals surface area contributed by atoms with Crippen molar-refractivity contribution in [3.8, 4) is 17.2 Å². The molecule has 0 spiro atoms. The van der Waals surface area contributed by atoms with E-state index in [0.29, 0.717) is 0 Å². The van der Waals surface area contributed by atoms with Crippen LogP contribution in [0.2, 0.25) is 0 Å². The molecule has 3 aromatic rings. The number of benzene rings is 1. The lowest BCUT2D eigenvalue weighted by molar-refractivity contribution is 0.416. The second-order valence-corrected chi connectivity index (χ2v) is 6.75. The highest BCUT2D eigenvalue weighted by Gasteiger charge is 2.11. The fourth-order valence-electron chi connectivity index (χ4n) is 2.55. The fraction of sp³-hybridized carbons (Fsp3) is 0.300. The quantitative estimate of drug-likeness (QED) is 0.519. The van der Waals surface area contributed by atoms with Crippen LogP contribution in [0.3, 0.4) is 0 Å². The molecule has 0 bridgehead atoms. The first kappa shape index (κ1) is 18.2. The Balaban J connectivity index is 2.12. The van der Waals surface area contributed by atoms with E-state index in [2.05, 4.69) is 13.8 Å². The highest BCUT2D eigenvalue weighted by Crippen LogP contribution is 2.27. The first-order valence-electron chi connectivity index (χ1n) is 8.69. The third-order valence-electron chi connectivity index (χ3n) is 3.92. The van der Waals surface area contributed by atoms with Crippen molar-refractivity contribution >= 4 is 22.7 Å². The van der Waals surface area contributed by atoms with E-state index in [1.54, 1.807) is 13.4 Å². The smallest absolute Gasteiger partial charge is 0.211 e. The van der Waals surface area contributed by atoms with Crippen molar-refractivity contribution in [3.63, 3.8) is 0 Å². The molecule has 136 valence electrons. The van der Waals surface area contributed by atoms with E-state index in [4.69, 9.17) is 19.2 Å². The maximum absolute atomic E-state index is 5.58. The molecule has 2 heterocycles. The van der Waals surface area contributed by atoms with Crippen LogP contribution in [0.15, 0.2) is 62.6 Å². The van der Waals surface area contributed by atoms with Gasteiger partial charge in [0.25, 0.3) is 0 Å². The number of rotatable bonds is 7. The Bertz CT molecular complexity index is 936. The second-order valence-electron chi connectivity index (χ2n) is 5.92. The summed E-state index contributed by atoms with van der Waals surface area (Å²) < 4.78 is 12.9. The molecular formula is C20H23N3O2S. The number of hydrogen-bond acceptors (Lipinski definition) is 5. The molecule has 0 aliphatic rings. The molecule has 1 aromatic carbocycles. The summed E-state index contributed by atoms with van der Waals surface area (Å²) in [4.78, 5) is 5.56. The van der Waals surface area contributed by atoms with E-state index < -0.39 is 0 Å². The van der Waals surface area contributed by atoms with Gasteiger partial charge < -0.3 is 9.15 Å². The highest BCUT2D eigenvalue weighted by molar-refractivity contribution is 7.07. The molecule has 0 amide bonds. The lowest BCUT2D eigenvalue weighted by atomic mass is 10.2. The van der Waals surface area contributed by atoms with Gasteiger partial charge in [-0.25, -0.2) is 9.67 Å². The standard InChI is InChI=1S/C20H23N3O2S/c1-4-5-9-15(2)22-23-17(19-12-8-13-25-19)14-26-20(23)21-16-10-6-7-11-18(16)24-3/h6-8,10-14H,4-5,9H2,1-3H3. The van der Waals surface area contributed by atoms with E-state index in [1.165, 1.54) is 11.3 Å². The van der Waals surface area contributed by atoms with Crippen LogP contribution in [0.4, 0.5) is 5.69 Å². The SMILES string of the molecule is CCCCC(C)=Nn1c(-c2ccco2)csc1=Nc1ccccc1OC. The van der Waals surface area contributed by atoms with E-state index in [9.17, 15) is 0 Å². The van der Waals surface area contributed by atoms with E-state index >= 15 is 0 Å². The molecule has 0 N–H and O–H groups in total. The van der Waals surface area contributed by atoms with Gasteiger partial charge in [-0.1, -0.05) is 25.5 Å². The minimum absolute atomic E-state index is 0.735. The first-order chi connectivity index (χ1) is 12.7. The van der Waals surface area contributed by atoms with E-state index in [0.717, 1.165) is 52.7 Å². The average molecular weight is 369 g/mol. The molecule has 0 radical (unpaired) electrons. The zero-order valence-corrected chi connectivity index (χ0v) is 16.1. The maximum atomic E-state index is 5.58. The number of para-hydroxylation sites is 2. The van der Waals surface area contributed by atoms with Crippen LogP contribution in [-0.2, 0) is 0 Å². The summed E-state index contributed by atoms with van der Waals surface area (Å²) >= 11 is 1.53. The minimum atomic E-state index is 0.735. The van der Waals surface area contributed by atoms with Crippen LogP contribution in [0.1, 0.15) is 33.1 Å². The Morgan fingerprint density at radius 1 is 1.23 bits per heavy atom. The third kappa shape index (κ3) is 4.14. The van der Waals surface area contributed by atoms with Crippen LogP contribution >= 0.6 is 11.3 Å². The van der Waals surface area contributed by atoms with Gasteiger partial charge in [-0.15, -0.1) is 11.3 Å². The van der Waals surface area contributed by atoms with Gasteiger partial charge >= 0.3 is 0 Å². The highest BCUT2D eigenvalue weighted by atomic mass is 32.1. The van der Waals surface area contributed by atoms with Crippen LogP contribution in [0, 0.1) is 0 Å². The summed E-state index contributed by atoms with van der Waals surface area (Å²) in [6.07, 6.45) is 4.90. The molecular weight excluding hydrogens is 346 g/mol. The van der Waals surface area contributed by atoms with Crippen LogP contribution in [0.5, 0.6) is 5.75 Å². The van der Waals surface area contributed by atoms with Crippen molar-refractivity contribution in [3.05, 3.63) is 52.8 Å². The maximum Gasteiger partial charge on any atom is 0.211 e. The molecule has 0 aliphatic heterocycles. The lowest BCUT2D eigenvalue weighted by Gasteiger charge is -2.05. The Hall–Kier alpha value is -2.60. The van der Waals surface area contributed by atoms with Crippen molar-refractivity contribution in [2.24, 2.45) is 10.1 Å². The number of nitrogens with zero attached hydrogens (tertiary/aromatic N) is 3. The fourth-order valence-corrected chi connectivity index (χ4v) is 3.37. The molecule has 0 saturated carbocycles. The summed E-state index contributed by atoms with van der Waals surface area (Å²) in [5, 5.41) is 6.83. The summed E-state index contributed by atoms with van der Waals surface area (Å²) in [6.45, 7) is 4.24. The normalized spacial score (nSPS) is 12.6. The number of aromatic nitrogens is 1. The number of unbranched alkanes of at least 4 members (excludes halogenated alkanes) is 1. The molecule has 26 heavy (non-hydrogen) atoms. The Kier molecular flexibility index (Phi) is 6.07. The topological polar surface area (TPSA) is 52.0 Å². The summed E-state index contributed by atoms with van der Waals surface area (Å²) in [6, 6.07) is 11.5. The Labute approximate surface area is 157 Å². The van der Waals surface area contributed by atoms with E-state index in [1.807, 2.05) is 46.5 Å². The van der Waals surface area contributed by atoms with Crippen molar-refractivity contribution in [2.75, 3.05) is 7.11 Å². The number of methoxy groups -OCH3 is 1. The van der Waals surface area contributed by atoms with Gasteiger partial charge in [-0.3, -0.25) is 0 Å². The third-order valence-corrected chi connectivity index (χ3v) is 4.74. The minimum Gasteiger partial charge on any atom is -0.494 e. The van der Waals surface area contributed by atoms with Crippen LogP contribution in [0.25, 0.3) is 11.5 Å². The summed E-state index contributed by atoms with van der Waals surface area (Å²) in [7, 11) is 1.65. The van der Waals surface area contributed by atoms with Crippen molar-refractivity contribution in [1.29, 1.82) is 0 Å². The Morgan fingerprint density at radius 3 is 2.81 bits per heavy atom. The van der Waals surface area contributed by atoms with Crippen LogP contribution < -0.4 is 9.54 Å². The average Bonchev–Trinajstić information content (AvgIpc) is 3.31. The molecule has 0 saturated heterocycles. The summed E-state index contributed by atoms with van der Waals surface area (Å²) in [5.74, 6) is 1.51. The van der Waals surface area contributed by atoms with Gasteiger partial charge in [0.05, 0.1) is 13.4 Å². The number of ether oxygens (including phenoxy) is 1. The number of hydrogen-bond donors (Lipinski definition) is 0. The second kappa shape index (κ2) is 8.67. The summed E-state index contributed by atoms with van der Waals surface area (Å²) in [5.41, 5.74) is 2.74. The van der Waals surface area contributed by atoms with Gasteiger partial charge in [0.1, 0.15) is 17.1 Å². The van der Waals surface area contributed by atoms with Crippen molar-refractivity contribution < 1.29 is 9.15 Å². The molecule has 2 aromatic heterocycles.